The number of rotatable bonds is 3. The molecule has 4 nitrogen and oxygen atoms in total. The van der Waals surface area contributed by atoms with Crippen LogP contribution in [0.25, 0.3) is 11.1 Å². The number of amides is 1. The molecule has 1 aliphatic heterocycles. The van der Waals surface area contributed by atoms with Crippen molar-refractivity contribution in [1.29, 1.82) is 0 Å². The summed E-state index contributed by atoms with van der Waals surface area (Å²) in [7, 11) is 0. The third-order valence-corrected chi connectivity index (χ3v) is 4.70. The molecule has 0 saturated carbocycles. The Hall–Kier alpha value is -2.62. The summed E-state index contributed by atoms with van der Waals surface area (Å²) in [6.07, 6.45) is 0.567. The van der Waals surface area contributed by atoms with E-state index < -0.39 is 0 Å². The second-order valence-electron chi connectivity index (χ2n) is 6.11. The number of carbonyl (C=O) groups excluding carboxylic acids is 2. The van der Waals surface area contributed by atoms with E-state index >= 15 is 0 Å². The average molecular weight is 307 g/mol. The minimum absolute atomic E-state index is 0.0320. The van der Waals surface area contributed by atoms with E-state index in [2.05, 4.69) is 24.3 Å². The number of carbonyl (C=O) groups is 2. The topological polar surface area (TPSA) is 46.6 Å². The van der Waals surface area contributed by atoms with Crippen molar-refractivity contribution >= 4 is 12.4 Å². The van der Waals surface area contributed by atoms with Crippen LogP contribution in [0, 0.1) is 5.92 Å². The smallest absolute Gasteiger partial charge is 0.409 e. The summed E-state index contributed by atoms with van der Waals surface area (Å²) in [5, 5.41) is 0. The normalized spacial score (nSPS) is 16.4. The summed E-state index contributed by atoms with van der Waals surface area (Å²) < 4.78 is 5.51. The molecule has 2 aromatic rings. The Morgan fingerprint density at radius 3 is 2.17 bits per heavy atom. The Bertz CT molecular complexity index is 719. The summed E-state index contributed by atoms with van der Waals surface area (Å²) in [5.74, 6) is 0.0463. The van der Waals surface area contributed by atoms with Crippen LogP contribution >= 0.6 is 0 Å². The first-order valence-corrected chi connectivity index (χ1v) is 7.83. The molecule has 4 rings (SSSR count). The summed E-state index contributed by atoms with van der Waals surface area (Å²) in [6.45, 7) is 1.27. The fourth-order valence-corrected chi connectivity index (χ4v) is 3.43. The predicted octanol–water partition coefficient (Wildman–Crippen LogP) is 3.07. The average Bonchev–Trinajstić information content (AvgIpc) is 2.86. The number of benzene rings is 2. The van der Waals surface area contributed by atoms with E-state index in [0.717, 1.165) is 6.29 Å². The number of hydrogen-bond acceptors (Lipinski definition) is 3. The number of likely N-dealkylation sites (tertiary alicyclic amines) is 1. The second kappa shape index (κ2) is 5.54. The minimum atomic E-state index is -0.329. The van der Waals surface area contributed by atoms with Crippen molar-refractivity contribution in [1.82, 2.24) is 4.90 Å². The van der Waals surface area contributed by atoms with E-state index in [-0.39, 0.29) is 17.9 Å². The van der Waals surface area contributed by atoms with E-state index in [1.54, 1.807) is 4.90 Å². The monoisotopic (exact) mass is 307 g/mol. The standard InChI is InChI=1S/C19H17NO3/c21-11-13-9-20(10-13)19(22)23-12-18-16-7-3-1-5-14(16)15-6-2-4-8-17(15)18/h1-8,11,13,18H,9-10,12H2. The molecule has 2 aromatic carbocycles. The van der Waals surface area contributed by atoms with Gasteiger partial charge in [0.1, 0.15) is 12.9 Å². The maximum atomic E-state index is 12.1. The molecule has 1 heterocycles. The molecule has 0 bridgehead atoms. The van der Waals surface area contributed by atoms with Crippen LogP contribution in [0.3, 0.4) is 0 Å². The number of ether oxygens (including phenoxy) is 1. The molecule has 0 atom stereocenters. The lowest BCUT2D eigenvalue weighted by molar-refractivity contribution is -0.114. The van der Waals surface area contributed by atoms with Gasteiger partial charge in [-0.25, -0.2) is 4.79 Å². The van der Waals surface area contributed by atoms with Crippen molar-refractivity contribution in [2.45, 2.75) is 5.92 Å². The van der Waals surface area contributed by atoms with E-state index in [1.807, 2.05) is 24.3 Å². The van der Waals surface area contributed by atoms with Gasteiger partial charge in [-0.3, -0.25) is 0 Å². The summed E-state index contributed by atoms with van der Waals surface area (Å²) in [5.41, 5.74) is 4.84. The third-order valence-electron chi connectivity index (χ3n) is 4.70. The summed E-state index contributed by atoms with van der Waals surface area (Å²) in [4.78, 5) is 24.2. The molecule has 23 heavy (non-hydrogen) atoms. The molecule has 0 radical (unpaired) electrons. The van der Waals surface area contributed by atoms with Crippen LogP contribution in [0.15, 0.2) is 48.5 Å². The number of fused-ring (bicyclic) bond motifs is 3. The number of hydrogen-bond donors (Lipinski definition) is 0. The highest BCUT2D eigenvalue weighted by molar-refractivity contribution is 5.79. The van der Waals surface area contributed by atoms with E-state index in [9.17, 15) is 9.59 Å². The molecule has 0 N–H and O–H groups in total. The van der Waals surface area contributed by atoms with Gasteiger partial charge in [-0.15, -0.1) is 0 Å². The summed E-state index contributed by atoms with van der Waals surface area (Å²) >= 11 is 0. The van der Waals surface area contributed by atoms with Crippen LogP contribution in [0.5, 0.6) is 0 Å². The van der Waals surface area contributed by atoms with Crippen molar-refractivity contribution in [3.63, 3.8) is 0 Å². The van der Waals surface area contributed by atoms with Gasteiger partial charge in [-0.05, 0) is 22.3 Å². The molecule has 1 fully saturated rings. The molecule has 1 amide bonds. The molecule has 116 valence electrons. The van der Waals surface area contributed by atoms with Gasteiger partial charge in [-0.2, -0.15) is 0 Å². The molecule has 0 spiro atoms. The Morgan fingerprint density at radius 1 is 1.04 bits per heavy atom. The van der Waals surface area contributed by atoms with Crippen LogP contribution in [0.2, 0.25) is 0 Å². The molecule has 2 aliphatic rings. The SMILES string of the molecule is O=CC1CN(C(=O)OCC2c3ccccc3-c3ccccc32)C1. The van der Waals surface area contributed by atoms with E-state index in [1.165, 1.54) is 22.3 Å². The molecule has 0 aromatic heterocycles. The van der Waals surface area contributed by atoms with Gasteiger partial charge in [-0.1, -0.05) is 48.5 Å². The van der Waals surface area contributed by atoms with Crippen molar-refractivity contribution in [2.24, 2.45) is 5.92 Å². The zero-order chi connectivity index (χ0) is 15.8. The lowest BCUT2D eigenvalue weighted by Crippen LogP contribution is -2.50. The first-order valence-electron chi connectivity index (χ1n) is 7.83. The van der Waals surface area contributed by atoms with Gasteiger partial charge < -0.3 is 14.4 Å². The second-order valence-corrected chi connectivity index (χ2v) is 6.11. The van der Waals surface area contributed by atoms with E-state index in [4.69, 9.17) is 4.74 Å². The molecular weight excluding hydrogens is 290 g/mol. The van der Waals surface area contributed by atoms with Crippen molar-refractivity contribution in [3.05, 3.63) is 59.7 Å². The van der Waals surface area contributed by atoms with E-state index in [0.29, 0.717) is 19.7 Å². The molecule has 4 heteroatoms. The van der Waals surface area contributed by atoms with Crippen LogP contribution < -0.4 is 0 Å². The van der Waals surface area contributed by atoms with Gasteiger partial charge in [0, 0.05) is 19.0 Å². The van der Waals surface area contributed by atoms with Crippen LogP contribution in [0.1, 0.15) is 17.0 Å². The first-order chi connectivity index (χ1) is 11.3. The van der Waals surface area contributed by atoms with Crippen LogP contribution in [-0.2, 0) is 9.53 Å². The van der Waals surface area contributed by atoms with Gasteiger partial charge in [0.05, 0.1) is 5.92 Å². The molecular formula is C19H17NO3. The Morgan fingerprint density at radius 2 is 1.61 bits per heavy atom. The van der Waals surface area contributed by atoms with Crippen molar-refractivity contribution < 1.29 is 14.3 Å². The van der Waals surface area contributed by atoms with Gasteiger partial charge >= 0.3 is 6.09 Å². The third kappa shape index (κ3) is 2.31. The number of nitrogens with zero attached hydrogens (tertiary/aromatic N) is 1. The van der Waals surface area contributed by atoms with Crippen LogP contribution in [-0.4, -0.2) is 37.0 Å². The van der Waals surface area contributed by atoms with Crippen LogP contribution in [0.4, 0.5) is 4.79 Å². The van der Waals surface area contributed by atoms with Gasteiger partial charge in [0.2, 0.25) is 0 Å². The van der Waals surface area contributed by atoms with Gasteiger partial charge in [0.25, 0.3) is 0 Å². The molecule has 1 saturated heterocycles. The first kappa shape index (κ1) is 14.0. The highest BCUT2D eigenvalue weighted by Gasteiger charge is 2.33. The molecule has 0 unspecified atom stereocenters. The molecule has 1 aliphatic carbocycles. The fourth-order valence-electron chi connectivity index (χ4n) is 3.43. The maximum absolute atomic E-state index is 12.1. The zero-order valence-electron chi connectivity index (χ0n) is 12.6. The Balaban J connectivity index is 1.51. The van der Waals surface area contributed by atoms with Crippen molar-refractivity contribution in [2.75, 3.05) is 19.7 Å². The largest absolute Gasteiger partial charge is 0.448 e. The predicted molar refractivity (Wildman–Crippen MR) is 86.2 cm³/mol. The fraction of sp³-hybridized carbons (Fsp3) is 0.263. The Labute approximate surface area is 134 Å². The zero-order valence-corrected chi connectivity index (χ0v) is 12.6. The summed E-state index contributed by atoms with van der Waals surface area (Å²) in [6, 6.07) is 16.5. The number of aldehydes is 1. The van der Waals surface area contributed by atoms with Gasteiger partial charge in [0.15, 0.2) is 0 Å². The lowest BCUT2D eigenvalue weighted by Gasteiger charge is -2.35. The van der Waals surface area contributed by atoms with Crippen molar-refractivity contribution in [3.8, 4) is 11.1 Å². The maximum Gasteiger partial charge on any atom is 0.409 e. The quantitative estimate of drug-likeness (QED) is 0.819. The highest BCUT2D eigenvalue weighted by Crippen LogP contribution is 2.44. The minimum Gasteiger partial charge on any atom is -0.448 e. The highest BCUT2D eigenvalue weighted by atomic mass is 16.6. The lowest BCUT2D eigenvalue weighted by atomic mass is 9.98. The Kier molecular flexibility index (Phi) is 3.37.